The molecule has 184 valence electrons. The van der Waals surface area contributed by atoms with Crippen molar-refractivity contribution in [3.8, 4) is 5.75 Å². The van der Waals surface area contributed by atoms with Crippen molar-refractivity contribution in [2.24, 2.45) is 0 Å². The number of unbranched alkanes of at least 4 members (excludes halogenated alkanes) is 1. The first-order valence-electron chi connectivity index (χ1n) is 12.1. The zero-order chi connectivity index (χ0) is 24.6. The van der Waals surface area contributed by atoms with Crippen LogP contribution in [0, 0.1) is 0 Å². The lowest BCUT2D eigenvalue weighted by Crippen LogP contribution is -2.30. The molecule has 2 aromatic carbocycles. The summed E-state index contributed by atoms with van der Waals surface area (Å²) in [4.78, 5) is 18.0. The Morgan fingerprint density at radius 3 is 2.63 bits per heavy atom. The maximum Gasteiger partial charge on any atom is 0.338 e. The van der Waals surface area contributed by atoms with E-state index < -0.39 is 6.04 Å². The predicted molar refractivity (Wildman–Crippen MR) is 139 cm³/mol. The van der Waals surface area contributed by atoms with Gasteiger partial charge in [-0.1, -0.05) is 80.6 Å². The van der Waals surface area contributed by atoms with E-state index in [0.717, 1.165) is 36.1 Å². The van der Waals surface area contributed by atoms with E-state index in [0.29, 0.717) is 41.3 Å². The molecule has 1 unspecified atom stereocenters. The largest absolute Gasteiger partial charge is 0.489 e. The molecule has 3 aromatic rings. The molecule has 1 atom stereocenters. The van der Waals surface area contributed by atoms with E-state index in [-0.39, 0.29) is 5.97 Å². The first kappa shape index (κ1) is 24.9. The van der Waals surface area contributed by atoms with Crippen molar-refractivity contribution in [2.75, 3.05) is 17.7 Å². The van der Waals surface area contributed by atoms with Gasteiger partial charge in [0.1, 0.15) is 18.4 Å². The van der Waals surface area contributed by atoms with Crippen molar-refractivity contribution in [2.45, 2.75) is 57.8 Å². The fourth-order valence-electron chi connectivity index (χ4n) is 3.90. The Bertz CT molecular complexity index is 1180. The van der Waals surface area contributed by atoms with Crippen LogP contribution in [0.15, 0.2) is 71.0 Å². The average Bonchev–Trinajstić information content (AvgIpc) is 3.28. The number of aromatic nitrogens is 3. The number of esters is 1. The highest BCUT2D eigenvalue weighted by Crippen LogP contribution is 2.40. The molecule has 1 N–H and O–H groups in total. The van der Waals surface area contributed by atoms with Gasteiger partial charge in [0.05, 0.1) is 12.2 Å². The SMILES string of the molecule is CCCCOC(=O)C1=C(C)Nc2nc(SCCC)nn2C1c1ccccc1OCc1ccccc1. The van der Waals surface area contributed by atoms with Crippen LogP contribution in [0.5, 0.6) is 5.75 Å². The molecule has 1 aliphatic rings. The smallest absolute Gasteiger partial charge is 0.338 e. The average molecular weight is 493 g/mol. The topological polar surface area (TPSA) is 78.3 Å². The van der Waals surface area contributed by atoms with Gasteiger partial charge in [0.25, 0.3) is 0 Å². The van der Waals surface area contributed by atoms with Gasteiger partial charge < -0.3 is 14.8 Å². The second-order valence-corrected chi connectivity index (χ2v) is 9.44. The number of hydrogen-bond acceptors (Lipinski definition) is 7. The van der Waals surface area contributed by atoms with Crippen molar-refractivity contribution in [1.82, 2.24) is 14.8 Å². The lowest BCUT2D eigenvalue weighted by atomic mass is 9.95. The molecule has 8 heteroatoms. The molecule has 1 aliphatic heterocycles. The van der Waals surface area contributed by atoms with Crippen LogP contribution >= 0.6 is 11.8 Å². The maximum absolute atomic E-state index is 13.3. The summed E-state index contributed by atoms with van der Waals surface area (Å²) in [6.07, 6.45) is 2.79. The Morgan fingerprint density at radius 1 is 1.09 bits per heavy atom. The van der Waals surface area contributed by atoms with E-state index >= 15 is 0 Å². The molecule has 0 bridgehead atoms. The van der Waals surface area contributed by atoms with Crippen molar-refractivity contribution in [3.05, 3.63) is 77.0 Å². The van der Waals surface area contributed by atoms with Crippen LogP contribution in [0.2, 0.25) is 0 Å². The normalized spacial score (nSPS) is 14.9. The minimum absolute atomic E-state index is 0.352. The monoisotopic (exact) mass is 492 g/mol. The van der Waals surface area contributed by atoms with Gasteiger partial charge in [-0.25, -0.2) is 9.48 Å². The van der Waals surface area contributed by atoms with E-state index in [9.17, 15) is 4.79 Å². The number of benzene rings is 2. The number of thioether (sulfide) groups is 1. The lowest BCUT2D eigenvalue weighted by Gasteiger charge is -2.29. The number of carbonyl (C=O) groups is 1. The highest BCUT2D eigenvalue weighted by molar-refractivity contribution is 7.99. The number of rotatable bonds is 11. The van der Waals surface area contributed by atoms with E-state index in [4.69, 9.17) is 14.6 Å². The van der Waals surface area contributed by atoms with E-state index in [1.165, 1.54) is 0 Å². The molecule has 0 spiro atoms. The highest BCUT2D eigenvalue weighted by Gasteiger charge is 2.36. The summed E-state index contributed by atoms with van der Waals surface area (Å²) in [5.41, 5.74) is 3.13. The number of nitrogens with zero attached hydrogens (tertiary/aromatic N) is 3. The van der Waals surface area contributed by atoms with Crippen molar-refractivity contribution < 1.29 is 14.3 Å². The summed E-state index contributed by atoms with van der Waals surface area (Å²) in [6, 6.07) is 17.3. The summed E-state index contributed by atoms with van der Waals surface area (Å²) in [5, 5.41) is 8.72. The molecule has 7 nitrogen and oxygen atoms in total. The van der Waals surface area contributed by atoms with Crippen molar-refractivity contribution in [3.63, 3.8) is 0 Å². The fourth-order valence-corrected chi connectivity index (χ4v) is 4.58. The Morgan fingerprint density at radius 2 is 1.86 bits per heavy atom. The Kier molecular flexibility index (Phi) is 8.47. The molecule has 0 fully saturated rings. The Balaban J connectivity index is 1.73. The number of ether oxygens (including phenoxy) is 2. The van der Waals surface area contributed by atoms with Gasteiger partial charge in [-0.05, 0) is 31.4 Å². The molecule has 0 amide bonds. The van der Waals surface area contributed by atoms with Gasteiger partial charge >= 0.3 is 5.97 Å². The number of hydrogen-bond donors (Lipinski definition) is 1. The zero-order valence-corrected chi connectivity index (χ0v) is 21.3. The minimum Gasteiger partial charge on any atom is -0.489 e. The van der Waals surface area contributed by atoms with Crippen molar-refractivity contribution >= 4 is 23.7 Å². The van der Waals surface area contributed by atoms with Crippen LogP contribution in [-0.2, 0) is 16.1 Å². The molecular weight excluding hydrogens is 460 g/mol. The fraction of sp³-hybridized carbons (Fsp3) is 0.370. The molecule has 35 heavy (non-hydrogen) atoms. The first-order chi connectivity index (χ1) is 17.1. The number of carbonyl (C=O) groups excluding carboxylic acids is 1. The lowest BCUT2D eigenvalue weighted by molar-refractivity contribution is -0.139. The van der Waals surface area contributed by atoms with Crippen LogP contribution in [0.3, 0.4) is 0 Å². The van der Waals surface area contributed by atoms with E-state index in [1.54, 1.807) is 16.4 Å². The second kappa shape index (κ2) is 11.9. The van der Waals surface area contributed by atoms with Crippen LogP contribution in [0.1, 0.15) is 57.2 Å². The molecular formula is C27H32N4O3S. The van der Waals surface area contributed by atoms with Gasteiger partial charge in [-0.3, -0.25) is 0 Å². The van der Waals surface area contributed by atoms with Gasteiger partial charge in [0, 0.05) is 17.0 Å². The number of fused-ring (bicyclic) bond motifs is 1. The predicted octanol–water partition coefficient (Wildman–Crippen LogP) is 5.99. The van der Waals surface area contributed by atoms with Crippen LogP contribution in [-0.4, -0.2) is 33.1 Å². The summed E-state index contributed by atoms with van der Waals surface area (Å²) in [6.45, 7) is 6.88. The van der Waals surface area contributed by atoms with Gasteiger partial charge in [0.15, 0.2) is 0 Å². The summed E-state index contributed by atoms with van der Waals surface area (Å²) >= 11 is 1.60. The number of para-hydroxylation sites is 1. The van der Waals surface area contributed by atoms with Gasteiger partial charge in [0.2, 0.25) is 11.1 Å². The van der Waals surface area contributed by atoms with Gasteiger partial charge in [-0.2, -0.15) is 4.98 Å². The Hall–Kier alpha value is -3.26. The number of nitrogens with one attached hydrogen (secondary N) is 1. The molecule has 0 saturated heterocycles. The molecule has 2 heterocycles. The zero-order valence-electron chi connectivity index (χ0n) is 20.5. The minimum atomic E-state index is -0.518. The standard InChI is InChI=1S/C27H32N4O3S/c1-4-6-16-33-25(32)23-19(3)28-26-29-27(35-17-5-2)30-31(26)24(23)21-14-10-11-15-22(21)34-18-20-12-8-7-9-13-20/h7-15,24H,4-6,16-18H2,1-3H3,(H,28,29,30). The third-order valence-electron chi connectivity index (χ3n) is 5.67. The summed E-state index contributed by atoms with van der Waals surface area (Å²) in [5.74, 6) is 1.87. The van der Waals surface area contributed by atoms with E-state index in [1.807, 2.05) is 61.5 Å². The van der Waals surface area contributed by atoms with E-state index in [2.05, 4.69) is 24.1 Å². The molecule has 1 aromatic heterocycles. The van der Waals surface area contributed by atoms with Gasteiger partial charge in [-0.15, -0.1) is 5.10 Å². The van der Waals surface area contributed by atoms with Crippen molar-refractivity contribution in [1.29, 1.82) is 0 Å². The summed E-state index contributed by atoms with van der Waals surface area (Å²) in [7, 11) is 0. The van der Waals surface area contributed by atoms with Crippen LogP contribution in [0.4, 0.5) is 5.95 Å². The van der Waals surface area contributed by atoms with Crippen LogP contribution < -0.4 is 10.1 Å². The third-order valence-corrected chi connectivity index (χ3v) is 6.71. The molecule has 0 saturated carbocycles. The number of allylic oxidation sites excluding steroid dienone is 1. The number of anilines is 1. The highest BCUT2D eigenvalue weighted by atomic mass is 32.2. The molecule has 4 rings (SSSR count). The third kappa shape index (κ3) is 5.88. The van der Waals surface area contributed by atoms with Crippen LogP contribution in [0.25, 0.3) is 0 Å². The quantitative estimate of drug-likeness (QED) is 0.200. The Labute approximate surface area is 210 Å². The maximum atomic E-state index is 13.3. The second-order valence-electron chi connectivity index (χ2n) is 8.38. The summed E-state index contributed by atoms with van der Waals surface area (Å²) < 4.78 is 13.7. The first-order valence-corrected chi connectivity index (χ1v) is 13.1. The molecule has 0 radical (unpaired) electrons. The molecule has 0 aliphatic carbocycles.